The number of aromatic nitrogens is 2. The molecule has 1 atom stereocenters. The van der Waals surface area contributed by atoms with Crippen LogP contribution >= 0.6 is 0 Å². The number of benzene rings is 3. The van der Waals surface area contributed by atoms with Crippen molar-refractivity contribution in [2.45, 2.75) is 19.2 Å². The van der Waals surface area contributed by atoms with E-state index < -0.39 is 6.10 Å². The number of rotatable bonds is 6. The van der Waals surface area contributed by atoms with Gasteiger partial charge in [0.15, 0.2) is 0 Å². The van der Waals surface area contributed by atoms with Gasteiger partial charge in [0, 0.05) is 0 Å². The molecule has 0 aliphatic carbocycles. The molecular formula is C24H24N3O+. The fourth-order valence-electron chi connectivity index (χ4n) is 3.63. The molecular weight excluding hydrogens is 346 g/mol. The van der Waals surface area contributed by atoms with Gasteiger partial charge in [-0.3, -0.25) is 5.73 Å². The maximum absolute atomic E-state index is 10.9. The second-order valence-corrected chi connectivity index (χ2v) is 6.86. The van der Waals surface area contributed by atoms with Crippen molar-refractivity contribution in [3.8, 4) is 11.1 Å². The highest BCUT2D eigenvalue weighted by Gasteiger charge is 2.22. The molecule has 4 aromatic rings. The van der Waals surface area contributed by atoms with Crippen molar-refractivity contribution in [1.82, 2.24) is 4.57 Å². The Labute approximate surface area is 164 Å². The van der Waals surface area contributed by atoms with Crippen molar-refractivity contribution in [3.63, 3.8) is 0 Å². The number of para-hydroxylation sites is 2. The molecule has 1 aromatic heterocycles. The van der Waals surface area contributed by atoms with Crippen LogP contribution in [0.25, 0.3) is 22.2 Å². The summed E-state index contributed by atoms with van der Waals surface area (Å²) in [5.74, 6) is 0.612. The van der Waals surface area contributed by atoms with Crippen molar-refractivity contribution in [2.75, 3.05) is 5.73 Å². The van der Waals surface area contributed by atoms with E-state index in [9.17, 15) is 5.11 Å². The van der Waals surface area contributed by atoms with Crippen LogP contribution in [0.2, 0.25) is 0 Å². The van der Waals surface area contributed by atoms with Gasteiger partial charge in [-0.15, -0.1) is 0 Å². The summed E-state index contributed by atoms with van der Waals surface area (Å²) < 4.78 is 3.97. The molecule has 0 radical (unpaired) electrons. The van der Waals surface area contributed by atoms with Crippen molar-refractivity contribution < 1.29 is 9.67 Å². The summed E-state index contributed by atoms with van der Waals surface area (Å²) in [5.41, 5.74) is 11.6. The Morgan fingerprint density at radius 2 is 1.57 bits per heavy atom. The number of imidazole rings is 1. The van der Waals surface area contributed by atoms with Crippen LogP contribution in [-0.4, -0.2) is 9.67 Å². The lowest BCUT2D eigenvalue weighted by molar-refractivity contribution is -0.666. The van der Waals surface area contributed by atoms with E-state index in [2.05, 4.69) is 18.7 Å². The lowest BCUT2D eigenvalue weighted by Crippen LogP contribution is -2.39. The first kappa shape index (κ1) is 18.0. The number of aliphatic hydroxyl groups excluding tert-OH is 1. The number of nitrogens with two attached hydrogens (primary N) is 1. The number of allylic oxidation sites excluding steroid dienone is 1. The monoisotopic (exact) mass is 370 g/mol. The topological polar surface area (TPSA) is 55.1 Å². The second kappa shape index (κ2) is 7.71. The second-order valence-electron chi connectivity index (χ2n) is 6.86. The van der Waals surface area contributed by atoms with Gasteiger partial charge in [0.05, 0.1) is 6.54 Å². The van der Waals surface area contributed by atoms with Crippen LogP contribution in [0.5, 0.6) is 0 Å². The van der Waals surface area contributed by atoms with Crippen molar-refractivity contribution >= 4 is 17.0 Å². The average Bonchev–Trinajstić information content (AvgIpc) is 3.01. The van der Waals surface area contributed by atoms with Crippen LogP contribution in [0, 0.1) is 0 Å². The molecule has 1 heterocycles. The molecule has 0 fully saturated rings. The van der Waals surface area contributed by atoms with E-state index in [4.69, 9.17) is 5.73 Å². The Balaban J connectivity index is 1.63. The highest BCUT2D eigenvalue weighted by Crippen LogP contribution is 2.23. The number of fused-ring (bicyclic) bond motifs is 1. The van der Waals surface area contributed by atoms with Crippen molar-refractivity contribution in [3.05, 3.63) is 97.1 Å². The number of anilines is 1. The van der Waals surface area contributed by atoms with E-state index in [1.165, 1.54) is 0 Å². The maximum atomic E-state index is 10.9. The third kappa shape index (κ3) is 3.30. The Kier molecular flexibility index (Phi) is 4.96. The normalized spacial score (nSPS) is 12.2. The van der Waals surface area contributed by atoms with Gasteiger partial charge >= 0.3 is 5.95 Å². The Morgan fingerprint density at radius 1 is 0.929 bits per heavy atom. The van der Waals surface area contributed by atoms with E-state index in [0.29, 0.717) is 19.0 Å². The van der Waals surface area contributed by atoms with Crippen LogP contribution in [-0.2, 0) is 13.1 Å². The summed E-state index contributed by atoms with van der Waals surface area (Å²) in [4.78, 5) is 0. The molecule has 4 heteroatoms. The van der Waals surface area contributed by atoms with Crippen LogP contribution in [0.15, 0.2) is 91.5 Å². The summed E-state index contributed by atoms with van der Waals surface area (Å²) in [6.45, 7) is 4.84. The fourth-order valence-corrected chi connectivity index (χ4v) is 3.63. The summed E-state index contributed by atoms with van der Waals surface area (Å²) in [6, 6.07) is 26.3. The fraction of sp³-hybridized carbons (Fsp3) is 0.125. The van der Waals surface area contributed by atoms with Gasteiger partial charge in [0.2, 0.25) is 0 Å². The number of hydrogen-bond acceptors (Lipinski definition) is 2. The summed E-state index contributed by atoms with van der Waals surface area (Å²) in [6.07, 6.45) is 1.17. The maximum Gasteiger partial charge on any atom is 0.356 e. The lowest BCUT2D eigenvalue weighted by atomic mass is 10.0. The SMILES string of the molecule is C=CCn1c(N)[n+](C[C@H](O)c2ccc(-c3ccccc3)cc2)c2ccccc21. The van der Waals surface area contributed by atoms with Crippen LogP contribution in [0.3, 0.4) is 0 Å². The van der Waals surface area contributed by atoms with Gasteiger partial charge < -0.3 is 5.11 Å². The molecule has 0 unspecified atom stereocenters. The Hall–Kier alpha value is -3.37. The van der Waals surface area contributed by atoms with Crippen LogP contribution in [0.4, 0.5) is 5.95 Å². The summed E-state index contributed by atoms with van der Waals surface area (Å²) in [5, 5.41) is 10.9. The number of nitrogens with zero attached hydrogens (tertiary/aromatic N) is 2. The highest BCUT2D eigenvalue weighted by molar-refractivity contribution is 5.74. The first-order valence-electron chi connectivity index (χ1n) is 9.40. The Morgan fingerprint density at radius 3 is 2.29 bits per heavy atom. The predicted octanol–water partition coefficient (Wildman–Crippen LogP) is 4.10. The Bertz CT molecular complexity index is 1100. The first-order valence-corrected chi connectivity index (χ1v) is 9.40. The van der Waals surface area contributed by atoms with Gasteiger partial charge in [-0.25, -0.2) is 9.13 Å². The molecule has 140 valence electrons. The van der Waals surface area contributed by atoms with Crippen LogP contribution < -0.4 is 10.3 Å². The molecule has 0 amide bonds. The van der Waals surface area contributed by atoms with Crippen LogP contribution in [0.1, 0.15) is 11.7 Å². The average molecular weight is 370 g/mol. The van der Waals surface area contributed by atoms with Gasteiger partial charge in [0.25, 0.3) is 0 Å². The minimum Gasteiger partial charge on any atom is -0.385 e. The number of hydrogen-bond donors (Lipinski definition) is 2. The summed E-state index contributed by atoms with van der Waals surface area (Å²) >= 11 is 0. The molecule has 4 rings (SSSR count). The first-order chi connectivity index (χ1) is 13.7. The third-order valence-electron chi connectivity index (χ3n) is 5.09. The van der Waals surface area contributed by atoms with E-state index in [1.54, 1.807) is 0 Å². The quantitative estimate of drug-likeness (QED) is 0.397. The smallest absolute Gasteiger partial charge is 0.356 e. The van der Waals surface area contributed by atoms with Gasteiger partial charge in [-0.1, -0.05) is 79.4 Å². The molecule has 0 saturated heterocycles. The molecule has 3 aromatic carbocycles. The number of nitrogen functional groups attached to an aromatic ring is 1. The van der Waals surface area contributed by atoms with E-state index in [1.807, 2.05) is 81.9 Å². The lowest BCUT2D eigenvalue weighted by Gasteiger charge is -2.12. The molecule has 0 aliphatic rings. The third-order valence-corrected chi connectivity index (χ3v) is 5.09. The molecule has 0 spiro atoms. The molecule has 4 nitrogen and oxygen atoms in total. The van der Waals surface area contributed by atoms with E-state index >= 15 is 0 Å². The minimum atomic E-state index is -0.653. The van der Waals surface area contributed by atoms with Gasteiger partial charge in [0.1, 0.15) is 23.7 Å². The predicted molar refractivity (Wildman–Crippen MR) is 114 cm³/mol. The zero-order chi connectivity index (χ0) is 19.5. The van der Waals surface area contributed by atoms with E-state index in [0.717, 1.165) is 27.7 Å². The summed E-state index contributed by atoms with van der Waals surface area (Å²) in [7, 11) is 0. The van der Waals surface area contributed by atoms with Gasteiger partial charge in [-0.05, 0) is 28.8 Å². The van der Waals surface area contributed by atoms with E-state index in [-0.39, 0.29) is 0 Å². The minimum absolute atomic E-state index is 0.390. The zero-order valence-electron chi connectivity index (χ0n) is 15.7. The standard InChI is InChI=1S/C24H23N3O/c1-2-16-26-21-10-6-7-11-22(21)27(24(26)25)17-23(28)20-14-12-19(13-15-20)18-8-4-3-5-9-18/h2-15,23,25,28H,1,16-17H2/p+1/t23-/m0/s1. The molecule has 0 aliphatic heterocycles. The van der Waals surface area contributed by atoms with Gasteiger partial charge in [-0.2, -0.15) is 0 Å². The molecule has 0 bridgehead atoms. The zero-order valence-corrected chi connectivity index (χ0v) is 15.7. The largest absolute Gasteiger partial charge is 0.385 e. The molecule has 28 heavy (non-hydrogen) atoms. The molecule has 3 N–H and O–H groups in total. The highest BCUT2D eigenvalue weighted by atomic mass is 16.3. The van der Waals surface area contributed by atoms with Crippen molar-refractivity contribution in [1.29, 1.82) is 0 Å². The number of aliphatic hydroxyl groups is 1. The molecule has 0 saturated carbocycles. The van der Waals surface area contributed by atoms with Crippen molar-refractivity contribution in [2.24, 2.45) is 0 Å².